The fourth-order valence-corrected chi connectivity index (χ4v) is 2.90. The number of anilines is 1. The van der Waals surface area contributed by atoms with Crippen LogP contribution in [0, 0.1) is 0 Å². The summed E-state index contributed by atoms with van der Waals surface area (Å²) in [5, 5.41) is 3.69. The van der Waals surface area contributed by atoms with Crippen molar-refractivity contribution in [1.82, 2.24) is 5.32 Å². The Bertz CT molecular complexity index is 762. The number of ether oxygens (including phenoxy) is 1. The molecule has 1 N–H and O–H groups in total. The van der Waals surface area contributed by atoms with E-state index in [9.17, 15) is 13.2 Å². The predicted octanol–water partition coefficient (Wildman–Crippen LogP) is 5.21. The van der Waals surface area contributed by atoms with Gasteiger partial charge in [-0.1, -0.05) is 23.2 Å². The maximum atomic E-state index is 13.5. The fourth-order valence-electron chi connectivity index (χ4n) is 2.62. The van der Waals surface area contributed by atoms with Gasteiger partial charge in [-0.2, -0.15) is 13.2 Å². The first-order valence-corrected chi connectivity index (χ1v) is 8.40. The molecular formula is C17H15Cl2F3N2O. The van der Waals surface area contributed by atoms with E-state index in [0.29, 0.717) is 23.8 Å². The van der Waals surface area contributed by atoms with E-state index < -0.39 is 11.7 Å². The van der Waals surface area contributed by atoms with Gasteiger partial charge in [0.25, 0.3) is 0 Å². The third-order valence-corrected chi connectivity index (χ3v) is 4.61. The van der Waals surface area contributed by atoms with Gasteiger partial charge in [-0.15, -0.1) is 0 Å². The number of piperazine rings is 1. The van der Waals surface area contributed by atoms with E-state index in [-0.39, 0.29) is 16.5 Å². The van der Waals surface area contributed by atoms with Crippen LogP contribution in [0.2, 0.25) is 10.0 Å². The molecule has 0 atom stereocenters. The summed E-state index contributed by atoms with van der Waals surface area (Å²) >= 11 is 11.7. The first-order chi connectivity index (χ1) is 11.8. The van der Waals surface area contributed by atoms with Gasteiger partial charge in [0, 0.05) is 37.9 Å². The van der Waals surface area contributed by atoms with E-state index in [1.54, 1.807) is 6.07 Å². The lowest BCUT2D eigenvalue weighted by molar-refractivity contribution is -0.138. The largest absolute Gasteiger partial charge is 0.457 e. The van der Waals surface area contributed by atoms with E-state index in [1.807, 2.05) is 4.90 Å². The van der Waals surface area contributed by atoms with E-state index in [4.69, 9.17) is 27.9 Å². The van der Waals surface area contributed by atoms with Gasteiger partial charge in [-0.05, 0) is 30.3 Å². The summed E-state index contributed by atoms with van der Waals surface area (Å²) in [5.74, 6) is -0.0837. The average molecular weight is 391 g/mol. The van der Waals surface area contributed by atoms with Gasteiger partial charge < -0.3 is 15.0 Å². The summed E-state index contributed by atoms with van der Waals surface area (Å²) in [7, 11) is 0. The minimum absolute atomic E-state index is 0.190. The second kappa shape index (κ2) is 7.32. The maximum Gasteiger partial charge on any atom is 0.420 e. The Kier molecular flexibility index (Phi) is 5.32. The molecule has 1 fully saturated rings. The van der Waals surface area contributed by atoms with Crippen LogP contribution in [0.25, 0.3) is 0 Å². The molecule has 1 heterocycles. The molecule has 2 aromatic carbocycles. The van der Waals surface area contributed by atoms with E-state index in [1.165, 1.54) is 24.3 Å². The monoisotopic (exact) mass is 390 g/mol. The smallest absolute Gasteiger partial charge is 0.420 e. The van der Waals surface area contributed by atoms with Crippen LogP contribution in [-0.2, 0) is 6.18 Å². The van der Waals surface area contributed by atoms with Crippen LogP contribution in [0.1, 0.15) is 5.56 Å². The molecule has 0 radical (unpaired) electrons. The highest BCUT2D eigenvalue weighted by Gasteiger charge is 2.35. The van der Waals surface area contributed by atoms with Gasteiger partial charge in [0.15, 0.2) is 0 Å². The molecule has 134 valence electrons. The summed E-state index contributed by atoms with van der Waals surface area (Å²) in [6.45, 7) is 2.79. The highest BCUT2D eigenvalue weighted by molar-refractivity contribution is 6.42. The molecule has 0 saturated carbocycles. The normalized spacial score (nSPS) is 15.3. The molecule has 3 nitrogen and oxygen atoms in total. The van der Waals surface area contributed by atoms with Gasteiger partial charge in [0.2, 0.25) is 0 Å². The molecule has 8 heteroatoms. The molecule has 25 heavy (non-hydrogen) atoms. The SMILES string of the molecule is FC(F)(F)c1cc(N2CCNCC2)ccc1Oc1ccc(Cl)c(Cl)c1. The van der Waals surface area contributed by atoms with Crippen molar-refractivity contribution in [3.05, 3.63) is 52.0 Å². The summed E-state index contributed by atoms with van der Waals surface area (Å²) in [6, 6.07) is 8.42. The van der Waals surface area contributed by atoms with Crippen LogP contribution >= 0.6 is 23.2 Å². The minimum Gasteiger partial charge on any atom is -0.457 e. The number of nitrogens with zero attached hydrogens (tertiary/aromatic N) is 1. The molecule has 1 aliphatic rings. The van der Waals surface area contributed by atoms with Crippen LogP contribution in [0.15, 0.2) is 36.4 Å². The van der Waals surface area contributed by atoms with Crippen molar-refractivity contribution in [3.8, 4) is 11.5 Å². The predicted molar refractivity (Wildman–Crippen MR) is 93.1 cm³/mol. The Balaban J connectivity index is 1.93. The topological polar surface area (TPSA) is 24.5 Å². The van der Waals surface area contributed by atoms with Crippen molar-refractivity contribution >= 4 is 28.9 Å². The Hall–Kier alpha value is -1.63. The zero-order valence-corrected chi connectivity index (χ0v) is 14.5. The molecule has 0 spiro atoms. The molecule has 2 aromatic rings. The lowest BCUT2D eigenvalue weighted by atomic mass is 10.1. The van der Waals surface area contributed by atoms with Gasteiger partial charge in [-0.25, -0.2) is 0 Å². The number of halogens is 5. The number of benzene rings is 2. The van der Waals surface area contributed by atoms with Gasteiger partial charge in [-0.3, -0.25) is 0 Å². The zero-order valence-electron chi connectivity index (χ0n) is 13.0. The van der Waals surface area contributed by atoms with Gasteiger partial charge in [0.1, 0.15) is 17.1 Å². The number of rotatable bonds is 3. The number of alkyl halides is 3. The summed E-state index contributed by atoms with van der Waals surface area (Å²) in [4.78, 5) is 1.91. The lowest BCUT2D eigenvalue weighted by Gasteiger charge is -2.30. The fraction of sp³-hybridized carbons (Fsp3) is 0.294. The van der Waals surface area contributed by atoms with Gasteiger partial charge >= 0.3 is 6.18 Å². The van der Waals surface area contributed by atoms with Crippen molar-refractivity contribution in [2.75, 3.05) is 31.1 Å². The number of hydrogen-bond acceptors (Lipinski definition) is 3. The molecule has 0 aromatic heterocycles. The third-order valence-electron chi connectivity index (χ3n) is 3.87. The average Bonchev–Trinajstić information content (AvgIpc) is 2.58. The second-order valence-electron chi connectivity index (χ2n) is 5.59. The Morgan fingerprint density at radius 2 is 1.68 bits per heavy atom. The highest BCUT2D eigenvalue weighted by Crippen LogP contribution is 2.41. The molecule has 0 amide bonds. The van der Waals surface area contributed by atoms with Crippen LogP contribution in [0.5, 0.6) is 11.5 Å². The number of hydrogen-bond donors (Lipinski definition) is 1. The van der Waals surface area contributed by atoms with Gasteiger partial charge in [0.05, 0.1) is 10.0 Å². The molecule has 0 unspecified atom stereocenters. The van der Waals surface area contributed by atoms with Crippen molar-refractivity contribution in [2.45, 2.75) is 6.18 Å². The zero-order chi connectivity index (χ0) is 18.0. The molecule has 0 aliphatic carbocycles. The first-order valence-electron chi connectivity index (χ1n) is 7.64. The molecule has 3 rings (SSSR count). The minimum atomic E-state index is -4.53. The molecular weight excluding hydrogens is 376 g/mol. The molecule has 0 bridgehead atoms. The Morgan fingerprint density at radius 3 is 2.32 bits per heavy atom. The van der Waals surface area contributed by atoms with E-state index >= 15 is 0 Å². The van der Waals surface area contributed by atoms with Crippen LogP contribution in [0.3, 0.4) is 0 Å². The summed E-state index contributed by atoms with van der Waals surface area (Å²) in [5.41, 5.74) is -0.301. The van der Waals surface area contributed by atoms with Crippen molar-refractivity contribution in [1.29, 1.82) is 0 Å². The number of nitrogens with one attached hydrogen (secondary N) is 1. The Labute approximate surface area is 153 Å². The van der Waals surface area contributed by atoms with Crippen molar-refractivity contribution < 1.29 is 17.9 Å². The molecule has 1 saturated heterocycles. The highest BCUT2D eigenvalue weighted by atomic mass is 35.5. The van der Waals surface area contributed by atoms with E-state index in [2.05, 4.69) is 5.32 Å². The summed E-state index contributed by atoms with van der Waals surface area (Å²) < 4.78 is 45.9. The summed E-state index contributed by atoms with van der Waals surface area (Å²) in [6.07, 6.45) is -4.53. The van der Waals surface area contributed by atoms with Crippen molar-refractivity contribution in [3.63, 3.8) is 0 Å². The first kappa shape index (κ1) is 18.2. The van der Waals surface area contributed by atoms with Crippen LogP contribution in [0.4, 0.5) is 18.9 Å². The van der Waals surface area contributed by atoms with Crippen LogP contribution in [-0.4, -0.2) is 26.2 Å². The maximum absolute atomic E-state index is 13.5. The quantitative estimate of drug-likeness (QED) is 0.777. The standard InChI is InChI=1S/C17H15Cl2F3N2O/c18-14-3-2-12(10-15(14)19)25-16-4-1-11(9-13(16)17(20,21)22)24-7-5-23-6-8-24/h1-4,9-10,23H,5-8H2. The lowest BCUT2D eigenvalue weighted by Crippen LogP contribution is -2.43. The molecule has 1 aliphatic heterocycles. The van der Waals surface area contributed by atoms with Crippen molar-refractivity contribution in [2.24, 2.45) is 0 Å². The van der Waals surface area contributed by atoms with E-state index in [0.717, 1.165) is 19.2 Å². The Morgan fingerprint density at radius 1 is 0.960 bits per heavy atom. The second-order valence-corrected chi connectivity index (χ2v) is 6.41. The third kappa shape index (κ3) is 4.32. The van der Waals surface area contributed by atoms with Crippen LogP contribution < -0.4 is 15.0 Å².